The van der Waals surface area contributed by atoms with Crippen LogP contribution in [0.5, 0.6) is 0 Å². The molecule has 1 aliphatic carbocycles. The number of aryl methyl sites for hydroxylation is 1. The molecule has 3 N–H and O–H groups in total. The van der Waals surface area contributed by atoms with E-state index < -0.39 is 11.6 Å². The van der Waals surface area contributed by atoms with Gasteiger partial charge in [0.15, 0.2) is 11.6 Å². The zero-order valence-corrected chi connectivity index (χ0v) is 21.7. The molecule has 1 aliphatic rings. The molecule has 0 unspecified atom stereocenters. The van der Waals surface area contributed by atoms with Crippen LogP contribution < -0.4 is 11.1 Å². The van der Waals surface area contributed by atoms with Crippen LogP contribution in [0.3, 0.4) is 0 Å². The molecule has 7 nitrogen and oxygen atoms in total. The number of halogens is 2. The lowest BCUT2D eigenvalue weighted by atomic mass is 9.76. The van der Waals surface area contributed by atoms with Crippen molar-refractivity contribution in [3.63, 3.8) is 0 Å². The Morgan fingerprint density at radius 3 is 2.51 bits per heavy atom. The predicted octanol–water partition coefficient (Wildman–Crippen LogP) is 6.25. The molecule has 0 spiro atoms. The maximum absolute atomic E-state index is 14.9. The fraction of sp³-hybridized carbons (Fsp3) is 0.429. The van der Waals surface area contributed by atoms with Crippen molar-refractivity contribution in [1.29, 1.82) is 0 Å². The zero-order chi connectivity index (χ0) is 26.3. The Morgan fingerprint density at radius 2 is 1.84 bits per heavy atom. The lowest BCUT2D eigenvalue weighted by Gasteiger charge is -2.34. The van der Waals surface area contributed by atoms with Crippen LogP contribution in [0, 0.1) is 24.5 Å². The van der Waals surface area contributed by atoms with Gasteiger partial charge in [0, 0.05) is 23.3 Å². The maximum atomic E-state index is 14.9. The van der Waals surface area contributed by atoms with Crippen molar-refractivity contribution in [2.45, 2.75) is 71.4 Å². The Bertz CT molecular complexity index is 1420. The highest BCUT2D eigenvalue weighted by Gasteiger charge is 2.27. The smallest absolute Gasteiger partial charge is 0.229 e. The number of fused-ring (bicyclic) bond motifs is 1. The van der Waals surface area contributed by atoms with Crippen molar-refractivity contribution < 1.29 is 8.78 Å². The fourth-order valence-electron chi connectivity index (χ4n) is 5.30. The second-order valence-corrected chi connectivity index (χ2v) is 10.8. The number of aromatic nitrogens is 5. The van der Waals surface area contributed by atoms with Gasteiger partial charge in [0.2, 0.25) is 5.95 Å². The van der Waals surface area contributed by atoms with E-state index in [0.717, 1.165) is 43.9 Å². The number of nitrogens with one attached hydrogen (secondary N) is 1. The SMILES string of the molecule is Cc1nc2c(F)cc(-c3nc(Nc4ccc(CC5CCC(C)(N)CC5)cn4)ncc3F)cc2n1C(C)C. The third-order valence-electron chi connectivity index (χ3n) is 7.30. The molecule has 0 radical (unpaired) electrons. The average Bonchev–Trinajstić information content (AvgIpc) is 3.19. The fourth-order valence-corrected chi connectivity index (χ4v) is 5.30. The van der Waals surface area contributed by atoms with Gasteiger partial charge in [-0.1, -0.05) is 6.07 Å². The molecule has 5 rings (SSSR count). The molecular formula is C28H33F2N7. The van der Waals surface area contributed by atoms with Crippen molar-refractivity contribution in [2.75, 3.05) is 5.32 Å². The standard InChI is InChI=1S/C28H33F2N7/c1-16(2)37-17(3)34-26-21(29)12-20(13-23(26)37)25-22(30)15-33-27(36-25)35-24-6-5-19(14-32-24)11-18-7-9-28(4,31)10-8-18/h5-6,12-16,18H,7-11,31H2,1-4H3,(H,32,33,35,36). The largest absolute Gasteiger partial charge is 0.326 e. The summed E-state index contributed by atoms with van der Waals surface area (Å²) in [6.45, 7) is 7.95. The van der Waals surface area contributed by atoms with Gasteiger partial charge in [0.25, 0.3) is 0 Å². The van der Waals surface area contributed by atoms with Crippen LogP contribution in [0.2, 0.25) is 0 Å². The molecule has 0 bridgehead atoms. The lowest BCUT2D eigenvalue weighted by Crippen LogP contribution is -2.40. The van der Waals surface area contributed by atoms with E-state index in [9.17, 15) is 8.78 Å². The van der Waals surface area contributed by atoms with E-state index in [1.807, 2.05) is 43.7 Å². The minimum absolute atomic E-state index is 0.00767. The monoisotopic (exact) mass is 505 g/mol. The topological polar surface area (TPSA) is 94.5 Å². The van der Waals surface area contributed by atoms with Crippen LogP contribution in [-0.4, -0.2) is 30.0 Å². The molecule has 9 heteroatoms. The van der Waals surface area contributed by atoms with Gasteiger partial charge in [-0.2, -0.15) is 0 Å². The van der Waals surface area contributed by atoms with Gasteiger partial charge in [-0.05, 0) is 89.5 Å². The van der Waals surface area contributed by atoms with E-state index in [1.165, 1.54) is 6.07 Å². The minimum atomic E-state index is -0.638. The third-order valence-corrected chi connectivity index (χ3v) is 7.30. The van der Waals surface area contributed by atoms with E-state index in [-0.39, 0.29) is 28.7 Å². The first-order valence-electron chi connectivity index (χ1n) is 12.8. The van der Waals surface area contributed by atoms with Crippen LogP contribution >= 0.6 is 0 Å². The maximum Gasteiger partial charge on any atom is 0.229 e. The second-order valence-electron chi connectivity index (χ2n) is 10.8. The highest BCUT2D eigenvalue weighted by Crippen LogP contribution is 2.33. The zero-order valence-electron chi connectivity index (χ0n) is 21.7. The summed E-state index contributed by atoms with van der Waals surface area (Å²) in [5.41, 5.74) is 8.57. The number of pyridine rings is 1. The van der Waals surface area contributed by atoms with Gasteiger partial charge in [-0.3, -0.25) is 0 Å². The lowest BCUT2D eigenvalue weighted by molar-refractivity contribution is 0.250. The molecule has 1 aromatic carbocycles. The summed E-state index contributed by atoms with van der Waals surface area (Å²) in [4.78, 5) is 17.3. The average molecular weight is 506 g/mol. The summed E-state index contributed by atoms with van der Waals surface area (Å²) in [7, 11) is 0. The Hall–Kier alpha value is -3.46. The van der Waals surface area contributed by atoms with Crippen molar-refractivity contribution in [2.24, 2.45) is 11.7 Å². The number of imidazole rings is 1. The Labute approximate surface area is 215 Å². The normalized spacial score (nSPS) is 20.1. The first-order valence-corrected chi connectivity index (χ1v) is 12.8. The van der Waals surface area contributed by atoms with Gasteiger partial charge in [-0.25, -0.2) is 28.7 Å². The van der Waals surface area contributed by atoms with Crippen molar-refractivity contribution >= 4 is 22.8 Å². The number of nitrogens with zero attached hydrogens (tertiary/aromatic N) is 5. The van der Waals surface area contributed by atoms with Gasteiger partial charge in [0.05, 0.1) is 11.7 Å². The molecule has 1 saturated carbocycles. The summed E-state index contributed by atoms with van der Waals surface area (Å²) < 4.78 is 31.7. The van der Waals surface area contributed by atoms with E-state index in [1.54, 1.807) is 6.07 Å². The number of rotatable bonds is 6. The third kappa shape index (κ3) is 5.32. The number of nitrogens with two attached hydrogens (primary N) is 1. The summed E-state index contributed by atoms with van der Waals surface area (Å²) in [5.74, 6) is 0.890. The van der Waals surface area contributed by atoms with Crippen LogP contribution in [0.1, 0.15) is 63.9 Å². The molecule has 0 amide bonds. The molecule has 1 fully saturated rings. The van der Waals surface area contributed by atoms with Crippen molar-refractivity contribution in [3.05, 3.63) is 59.7 Å². The molecule has 37 heavy (non-hydrogen) atoms. The van der Waals surface area contributed by atoms with Crippen LogP contribution in [0.15, 0.2) is 36.7 Å². The first-order chi connectivity index (χ1) is 17.6. The van der Waals surface area contributed by atoms with Crippen LogP contribution in [0.25, 0.3) is 22.3 Å². The molecule has 194 valence electrons. The van der Waals surface area contributed by atoms with Crippen LogP contribution in [0.4, 0.5) is 20.5 Å². The molecule has 0 atom stereocenters. The van der Waals surface area contributed by atoms with E-state index in [4.69, 9.17) is 5.73 Å². The molecular weight excluding hydrogens is 472 g/mol. The molecule has 0 saturated heterocycles. The van der Waals surface area contributed by atoms with Crippen LogP contribution in [-0.2, 0) is 6.42 Å². The van der Waals surface area contributed by atoms with Crippen molar-refractivity contribution in [3.8, 4) is 11.3 Å². The summed E-state index contributed by atoms with van der Waals surface area (Å²) >= 11 is 0. The summed E-state index contributed by atoms with van der Waals surface area (Å²) in [5, 5.41) is 3.04. The van der Waals surface area contributed by atoms with E-state index >= 15 is 0 Å². The number of benzene rings is 1. The second kappa shape index (κ2) is 9.78. The van der Waals surface area contributed by atoms with Crippen molar-refractivity contribution in [1.82, 2.24) is 24.5 Å². The highest BCUT2D eigenvalue weighted by molar-refractivity contribution is 5.83. The highest BCUT2D eigenvalue weighted by atomic mass is 19.1. The van der Waals surface area contributed by atoms with Gasteiger partial charge in [0.1, 0.15) is 22.9 Å². The molecule has 0 aliphatic heterocycles. The van der Waals surface area contributed by atoms with E-state index in [2.05, 4.69) is 32.2 Å². The number of anilines is 2. The first kappa shape index (κ1) is 25.2. The van der Waals surface area contributed by atoms with E-state index in [0.29, 0.717) is 28.6 Å². The minimum Gasteiger partial charge on any atom is -0.326 e. The summed E-state index contributed by atoms with van der Waals surface area (Å²) in [6.07, 6.45) is 8.26. The number of hydrogen-bond acceptors (Lipinski definition) is 6. The van der Waals surface area contributed by atoms with Gasteiger partial charge >= 0.3 is 0 Å². The van der Waals surface area contributed by atoms with Gasteiger partial charge < -0.3 is 15.6 Å². The quantitative estimate of drug-likeness (QED) is 0.322. The van der Waals surface area contributed by atoms with Gasteiger partial charge in [-0.15, -0.1) is 0 Å². The molecule has 3 heterocycles. The molecule has 3 aromatic heterocycles. The number of hydrogen-bond donors (Lipinski definition) is 2. The predicted molar refractivity (Wildman–Crippen MR) is 142 cm³/mol. The Morgan fingerprint density at radius 1 is 1.08 bits per heavy atom. The Kier molecular flexibility index (Phi) is 6.66. The molecule has 4 aromatic rings. The Balaban J connectivity index is 1.36. The summed E-state index contributed by atoms with van der Waals surface area (Å²) in [6, 6.07) is 6.96.